The van der Waals surface area contributed by atoms with Crippen molar-refractivity contribution < 1.29 is 9.53 Å². The van der Waals surface area contributed by atoms with Crippen molar-refractivity contribution in [3.63, 3.8) is 0 Å². The number of thiophene rings is 1. The average molecular weight is 407 g/mol. The van der Waals surface area contributed by atoms with E-state index >= 15 is 0 Å². The van der Waals surface area contributed by atoms with Crippen LogP contribution in [0.1, 0.15) is 27.6 Å². The van der Waals surface area contributed by atoms with Crippen LogP contribution in [0.3, 0.4) is 0 Å². The largest absolute Gasteiger partial charge is 0.497 e. The van der Waals surface area contributed by atoms with Crippen molar-refractivity contribution in [1.82, 2.24) is 10.2 Å². The maximum absolute atomic E-state index is 12.6. The fourth-order valence-electron chi connectivity index (χ4n) is 3.88. The van der Waals surface area contributed by atoms with Gasteiger partial charge in [-0.2, -0.15) is 0 Å². The molecule has 2 heterocycles. The fourth-order valence-corrected chi connectivity index (χ4v) is 4.74. The van der Waals surface area contributed by atoms with Crippen LogP contribution in [-0.2, 0) is 24.2 Å². The van der Waals surface area contributed by atoms with Crippen LogP contribution in [0, 0.1) is 0 Å². The molecule has 0 spiro atoms. The standard InChI is InChI=1S/C24H26N2O2S/c1-28-21-10-8-18(9-11-21)15-24(27)25-16-22(23-7-4-14-29-23)26-13-12-19-5-2-3-6-20(19)17-26/h2-11,14,22H,12-13,15-17H2,1H3,(H,25,27). The van der Waals surface area contributed by atoms with E-state index in [2.05, 4.69) is 52.0 Å². The first kappa shape index (κ1) is 19.7. The summed E-state index contributed by atoms with van der Waals surface area (Å²) in [7, 11) is 1.64. The molecule has 1 N–H and O–H groups in total. The lowest BCUT2D eigenvalue weighted by Gasteiger charge is -2.35. The van der Waals surface area contributed by atoms with Gasteiger partial charge < -0.3 is 10.1 Å². The van der Waals surface area contributed by atoms with Crippen molar-refractivity contribution in [2.45, 2.75) is 25.4 Å². The normalized spacial score (nSPS) is 14.8. The number of carbonyl (C=O) groups is 1. The highest BCUT2D eigenvalue weighted by Gasteiger charge is 2.25. The summed E-state index contributed by atoms with van der Waals surface area (Å²) in [6, 6.07) is 20.8. The maximum Gasteiger partial charge on any atom is 0.224 e. The number of hydrogen-bond donors (Lipinski definition) is 1. The summed E-state index contributed by atoms with van der Waals surface area (Å²) in [5.74, 6) is 0.853. The average Bonchev–Trinajstić information content (AvgIpc) is 3.29. The summed E-state index contributed by atoms with van der Waals surface area (Å²) >= 11 is 1.76. The van der Waals surface area contributed by atoms with Gasteiger partial charge in [0.15, 0.2) is 0 Å². The van der Waals surface area contributed by atoms with Gasteiger partial charge in [0.2, 0.25) is 5.91 Å². The Balaban J connectivity index is 1.41. The molecule has 1 aliphatic heterocycles. The highest BCUT2D eigenvalue weighted by atomic mass is 32.1. The number of ether oxygens (including phenoxy) is 1. The molecule has 0 radical (unpaired) electrons. The molecular formula is C24H26N2O2S. The fraction of sp³-hybridized carbons (Fsp3) is 0.292. The number of benzene rings is 2. The SMILES string of the molecule is COc1ccc(CC(=O)NCC(c2cccs2)N2CCc3ccccc3C2)cc1. The first-order chi connectivity index (χ1) is 14.2. The zero-order valence-electron chi connectivity index (χ0n) is 16.6. The number of nitrogens with zero attached hydrogens (tertiary/aromatic N) is 1. The van der Waals surface area contributed by atoms with Crippen LogP contribution in [-0.4, -0.2) is 31.0 Å². The van der Waals surface area contributed by atoms with Gasteiger partial charge in [0.25, 0.3) is 0 Å². The van der Waals surface area contributed by atoms with Gasteiger partial charge in [0.05, 0.1) is 19.6 Å². The number of nitrogens with one attached hydrogen (secondary N) is 1. The van der Waals surface area contributed by atoms with E-state index in [4.69, 9.17) is 4.74 Å². The van der Waals surface area contributed by atoms with Crippen LogP contribution in [0.5, 0.6) is 5.75 Å². The Labute approximate surface area is 176 Å². The molecule has 1 atom stereocenters. The summed E-state index contributed by atoms with van der Waals surface area (Å²) < 4.78 is 5.18. The minimum Gasteiger partial charge on any atom is -0.497 e. The Morgan fingerprint density at radius 1 is 1.10 bits per heavy atom. The number of rotatable bonds is 7. The lowest BCUT2D eigenvalue weighted by Crippen LogP contribution is -2.40. The lowest BCUT2D eigenvalue weighted by molar-refractivity contribution is -0.120. The van der Waals surface area contributed by atoms with Gasteiger partial charge in [-0.25, -0.2) is 0 Å². The minimum absolute atomic E-state index is 0.0501. The molecule has 0 saturated carbocycles. The van der Waals surface area contributed by atoms with Gasteiger partial charge in [0.1, 0.15) is 5.75 Å². The van der Waals surface area contributed by atoms with Gasteiger partial charge in [-0.1, -0.05) is 42.5 Å². The van der Waals surface area contributed by atoms with Crippen molar-refractivity contribution >= 4 is 17.2 Å². The van der Waals surface area contributed by atoms with Crippen molar-refractivity contribution in [2.24, 2.45) is 0 Å². The van der Waals surface area contributed by atoms with E-state index in [-0.39, 0.29) is 11.9 Å². The van der Waals surface area contributed by atoms with Crippen LogP contribution >= 0.6 is 11.3 Å². The summed E-state index contributed by atoms with van der Waals surface area (Å²) in [5, 5.41) is 5.27. The first-order valence-corrected chi connectivity index (χ1v) is 10.8. The predicted octanol–water partition coefficient (Wildman–Crippen LogP) is 4.22. The van der Waals surface area contributed by atoms with E-state index in [1.807, 2.05) is 24.3 Å². The van der Waals surface area contributed by atoms with Gasteiger partial charge in [0, 0.05) is 24.5 Å². The Morgan fingerprint density at radius 3 is 2.62 bits per heavy atom. The monoisotopic (exact) mass is 406 g/mol. The molecule has 0 bridgehead atoms. The maximum atomic E-state index is 12.6. The van der Waals surface area contributed by atoms with Crippen molar-refractivity contribution in [3.8, 4) is 5.75 Å². The predicted molar refractivity (Wildman–Crippen MR) is 117 cm³/mol. The van der Waals surface area contributed by atoms with Crippen LogP contribution in [0.15, 0.2) is 66.0 Å². The molecule has 29 heavy (non-hydrogen) atoms. The van der Waals surface area contributed by atoms with E-state index in [1.54, 1.807) is 18.4 Å². The molecule has 0 fully saturated rings. The second-order valence-electron chi connectivity index (χ2n) is 7.35. The van der Waals surface area contributed by atoms with E-state index in [0.717, 1.165) is 30.8 Å². The van der Waals surface area contributed by atoms with E-state index in [0.29, 0.717) is 13.0 Å². The van der Waals surface area contributed by atoms with Gasteiger partial charge in [-0.05, 0) is 46.7 Å². The van der Waals surface area contributed by atoms with Gasteiger partial charge in [-0.15, -0.1) is 11.3 Å². The molecule has 1 aromatic heterocycles. The van der Waals surface area contributed by atoms with Crippen LogP contribution in [0.25, 0.3) is 0 Å². The summed E-state index contributed by atoms with van der Waals surface area (Å²) in [6.07, 6.45) is 1.43. The Bertz CT molecular complexity index is 938. The second-order valence-corrected chi connectivity index (χ2v) is 8.33. The van der Waals surface area contributed by atoms with Crippen molar-refractivity contribution in [1.29, 1.82) is 0 Å². The molecule has 1 amide bonds. The molecule has 2 aromatic carbocycles. The Morgan fingerprint density at radius 2 is 1.90 bits per heavy atom. The number of hydrogen-bond acceptors (Lipinski definition) is 4. The number of methoxy groups -OCH3 is 1. The third kappa shape index (κ3) is 4.86. The number of amides is 1. The topological polar surface area (TPSA) is 41.6 Å². The van der Waals surface area contributed by atoms with Gasteiger partial charge in [-0.3, -0.25) is 9.69 Å². The van der Waals surface area contributed by atoms with Crippen LogP contribution in [0.4, 0.5) is 0 Å². The number of carbonyl (C=O) groups excluding carboxylic acids is 1. The molecule has 1 aliphatic rings. The third-order valence-corrected chi connectivity index (χ3v) is 6.46. The summed E-state index contributed by atoms with van der Waals surface area (Å²) in [6.45, 7) is 2.55. The Hall–Kier alpha value is -2.63. The minimum atomic E-state index is 0.0501. The smallest absolute Gasteiger partial charge is 0.224 e. The quantitative estimate of drug-likeness (QED) is 0.639. The summed E-state index contributed by atoms with van der Waals surface area (Å²) in [4.78, 5) is 16.4. The second kappa shape index (κ2) is 9.25. The third-order valence-electron chi connectivity index (χ3n) is 5.49. The zero-order valence-corrected chi connectivity index (χ0v) is 17.5. The van der Waals surface area contributed by atoms with Crippen LogP contribution < -0.4 is 10.1 Å². The highest BCUT2D eigenvalue weighted by Crippen LogP contribution is 2.30. The molecule has 4 rings (SSSR count). The molecule has 5 heteroatoms. The highest BCUT2D eigenvalue weighted by molar-refractivity contribution is 7.10. The Kier molecular flexibility index (Phi) is 6.27. The number of fused-ring (bicyclic) bond motifs is 1. The van der Waals surface area contributed by atoms with Crippen LogP contribution in [0.2, 0.25) is 0 Å². The molecule has 4 nitrogen and oxygen atoms in total. The molecule has 1 unspecified atom stereocenters. The van der Waals surface area contributed by atoms with Gasteiger partial charge >= 0.3 is 0 Å². The van der Waals surface area contributed by atoms with Crippen molar-refractivity contribution in [3.05, 3.63) is 87.6 Å². The van der Waals surface area contributed by atoms with Crippen molar-refractivity contribution in [2.75, 3.05) is 20.2 Å². The molecule has 3 aromatic rings. The lowest BCUT2D eigenvalue weighted by atomic mass is 9.98. The molecule has 0 saturated heterocycles. The van der Waals surface area contributed by atoms with E-state index < -0.39 is 0 Å². The summed E-state index contributed by atoms with van der Waals surface area (Å²) in [5.41, 5.74) is 3.82. The van der Waals surface area contributed by atoms with E-state index in [1.165, 1.54) is 16.0 Å². The molecule has 150 valence electrons. The van der Waals surface area contributed by atoms with E-state index in [9.17, 15) is 4.79 Å². The molecular weight excluding hydrogens is 380 g/mol. The molecule has 0 aliphatic carbocycles. The zero-order chi connectivity index (χ0) is 20.1. The first-order valence-electron chi connectivity index (χ1n) is 9.97.